The second kappa shape index (κ2) is 6.90. The summed E-state index contributed by atoms with van der Waals surface area (Å²) in [6, 6.07) is 2.72. The molecule has 0 bridgehead atoms. The van der Waals surface area contributed by atoms with Gasteiger partial charge >= 0.3 is 0 Å². The van der Waals surface area contributed by atoms with E-state index in [1.807, 2.05) is 6.92 Å². The zero-order valence-electron chi connectivity index (χ0n) is 11.3. The summed E-state index contributed by atoms with van der Waals surface area (Å²) in [5.74, 6) is 0.311. The first-order chi connectivity index (χ1) is 8.79. The van der Waals surface area contributed by atoms with Crippen molar-refractivity contribution in [3.05, 3.63) is 18.0 Å². The van der Waals surface area contributed by atoms with Crippen LogP contribution in [0, 0.1) is 5.92 Å². The maximum atomic E-state index is 8.95. The summed E-state index contributed by atoms with van der Waals surface area (Å²) in [6.07, 6.45) is 8.72. The standard InChI is InChI=1S/C14H25N3O/c1-12(11-18)9-15-10-13-7-8-17(16-13)14-5-3-2-4-6-14/h7-8,12,14-15,18H,2-6,9-11H2,1H3. The normalized spacial score (nSPS) is 19.0. The summed E-state index contributed by atoms with van der Waals surface area (Å²) in [5.41, 5.74) is 1.10. The van der Waals surface area contributed by atoms with Crippen molar-refractivity contribution in [1.29, 1.82) is 0 Å². The third-order valence-electron chi connectivity index (χ3n) is 3.72. The highest BCUT2D eigenvalue weighted by atomic mass is 16.3. The SMILES string of the molecule is CC(CO)CNCc1ccn(C2CCCCC2)n1. The Balaban J connectivity index is 1.78. The van der Waals surface area contributed by atoms with E-state index >= 15 is 0 Å². The number of aliphatic hydroxyl groups excluding tert-OH is 1. The Labute approximate surface area is 109 Å². The molecule has 1 heterocycles. The van der Waals surface area contributed by atoms with Crippen LogP contribution >= 0.6 is 0 Å². The molecule has 0 spiro atoms. The highest BCUT2D eigenvalue weighted by molar-refractivity contribution is 4.99. The molecule has 1 fully saturated rings. The molecule has 0 amide bonds. The van der Waals surface area contributed by atoms with Gasteiger partial charge < -0.3 is 10.4 Å². The lowest BCUT2D eigenvalue weighted by atomic mass is 9.96. The average Bonchev–Trinajstić information content (AvgIpc) is 2.88. The molecular formula is C14H25N3O. The van der Waals surface area contributed by atoms with Crippen molar-refractivity contribution in [3.63, 3.8) is 0 Å². The van der Waals surface area contributed by atoms with Crippen LogP contribution in [0.4, 0.5) is 0 Å². The van der Waals surface area contributed by atoms with E-state index < -0.39 is 0 Å². The van der Waals surface area contributed by atoms with Crippen molar-refractivity contribution >= 4 is 0 Å². The van der Waals surface area contributed by atoms with Gasteiger partial charge in [0, 0.05) is 25.9 Å². The third-order valence-corrected chi connectivity index (χ3v) is 3.72. The first-order valence-electron chi connectivity index (χ1n) is 7.15. The van der Waals surface area contributed by atoms with Crippen LogP contribution in [0.15, 0.2) is 12.3 Å². The van der Waals surface area contributed by atoms with Crippen molar-refractivity contribution in [2.75, 3.05) is 13.2 Å². The van der Waals surface area contributed by atoms with E-state index in [1.54, 1.807) is 0 Å². The smallest absolute Gasteiger partial charge is 0.0762 e. The topological polar surface area (TPSA) is 50.1 Å². The Bertz CT molecular complexity index is 345. The molecule has 1 aliphatic rings. The van der Waals surface area contributed by atoms with Crippen LogP contribution in [-0.2, 0) is 6.54 Å². The van der Waals surface area contributed by atoms with Crippen molar-refractivity contribution in [1.82, 2.24) is 15.1 Å². The third kappa shape index (κ3) is 3.82. The highest BCUT2D eigenvalue weighted by Crippen LogP contribution is 2.27. The second-order valence-corrected chi connectivity index (χ2v) is 5.50. The van der Waals surface area contributed by atoms with Crippen LogP contribution in [0.1, 0.15) is 50.8 Å². The van der Waals surface area contributed by atoms with Crippen LogP contribution < -0.4 is 5.32 Å². The van der Waals surface area contributed by atoms with Crippen molar-refractivity contribution in [2.45, 2.75) is 51.6 Å². The van der Waals surface area contributed by atoms with Gasteiger partial charge in [0.15, 0.2) is 0 Å². The van der Waals surface area contributed by atoms with Gasteiger partial charge in [-0.3, -0.25) is 4.68 Å². The number of hydrogen-bond acceptors (Lipinski definition) is 3. The maximum absolute atomic E-state index is 8.95. The predicted octanol–water partition coefficient (Wildman–Crippen LogP) is 2.11. The number of nitrogens with zero attached hydrogens (tertiary/aromatic N) is 2. The summed E-state index contributed by atoms with van der Waals surface area (Å²) in [4.78, 5) is 0. The fourth-order valence-electron chi connectivity index (χ4n) is 2.53. The van der Waals surface area contributed by atoms with Gasteiger partial charge in [0.1, 0.15) is 0 Å². The highest BCUT2D eigenvalue weighted by Gasteiger charge is 2.15. The summed E-state index contributed by atoms with van der Waals surface area (Å²) >= 11 is 0. The molecule has 1 atom stereocenters. The Morgan fingerprint density at radius 1 is 1.44 bits per heavy atom. The molecule has 1 aromatic rings. The van der Waals surface area contributed by atoms with E-state index in [-0.39, 0.29) is 6.61 Å². The van der Waals surface area contributed by atoms with Gasteiger partial charge in [0.25, 0.3) is 0 Å². The summed E-state index contributed by atoms with van der Waals surface area (Å²) in [5, 5.41) is 16.9. The lowest BCUT2D eigenvalue weighted by Crippen LogP contribution is -2.23. The van der Waals surface area contributed by atoms with Gasteiger partial charge in [-0.1, -0.05) is 26.2 Å². The van der Waals surface area contributed by atoms with Crippen LogP contribution in [0.25, 0.3) is 0 Å². The molecule has 1 aromatic heterocycles. The van der Waals surface area contributed by atoms with Gasteiger partial charge in [-0.15, -0.1) is 0 Å². The lowest BCUT2D eigenvalue weighted by molar-refractivity contribution is 0.233. The summed E-state index contributed by atoms with van der Waals surface area (Å²) in [7, 11) is 0. The first-order valence-corrected chi connectivity index (χ1v) is 7.15. The van der Waals surface area contributed by atoms with Gasteiger partial charge in [-0.05, 0) is 24.8 Å². The van der Waals surface area contributed by atoms with E-state index in [9.17, 15) is 0 Å². The molecule has 1 saturated carbocycles. The molecule has 1 unspecified atom stereocenters. The zero-order chi connectivity index (χ0) is 12.8. The van der Waals surface area contributed by atoms with Crippen LogP contribution in [-0.4, -0.2) is 28.0 Å². The Morgan fingerprint density at radius 3 is 2.94 bits per heavy atom. The monoisotopic (exact) mass is 251 g/mol. The van der Waals surface area contributed by atoms with Crippen LogP contribution in [0.3, 0.4) is 0 Å². The minimum Gasteiger partial charge on any atom is -0.396 e. The van der Waals surface area contributed by atoms with Crippen molar-refractivity contribution in [3.8, 4) is 0 Å². The Morgan fingerprint density at radius 2 is 2.22 bits per heavy atom. The molecule has 0 aliphatic heterocycles. The molecular weight excluding hydrogens is 226 g/mol. The quantitative estimate of drug-likeness (QED) is 0.814. The van der Waals surface area contributed by atoms with Crippen LogP contribution in [0.2, 0.25) is 0 Å². The van der Waals surface area contributed by atoms with E-state index in [0.717, 1.165) is 18.8 Å². The fraction of sp³-hybridized carbons (Fsp3) is 0.786. The molecule has 102 valence electrons. The summed E-state index contributed by atoms with van der Waals surface area (Å²) < 4.78 is 2.14. The van der Waals surface area contributed by atoms with Gasteiger partial charge in [-0.2, -0.15) is 5.10 Å². The Kier molecular flexibility index (Phi) is 5.20. The first kappa shape index (κ1) is 13.6. The molecule has 0 saturated heterocycles. The second-order valence-electron chi connectivity index (χ2n) is 5.50. The number of aliphatic hydroxyl groups is 1. The van der Waals surface area contributed by atoms with Gasteiger partial charge in [-0.25, -0.2) is 0 Å². The lowest BCUT2D eigenvalue weighted by Gasteiger charge is -2.21. The largest absolute Gasteiger partial charge is 0.396 e. The predicted molar refractivity (Wildman–Crippen MR) is 72.3 cm³/mol. The maximum Gasteiger partial charge on any atom is 0.0762 e. The zero-order valence-corrected chi connectivity index (χ0v) is 11.3. The van der Waals surface area contributed by atoms with E-state index in [1.165, 1.54) is 32.1 Å². The van der Waals surface area contributed by atoms with Gasteiger partial charge in [0.2, 0.25) is 0 Å². The van der Waals surface area contributed by atoms with Crippen molar-refractivity contribution in [2.24, 2.45) is 5.92 Å². The number of hydrogen-bond donors (Lipinski definition) is 2. The summed E-state index contributed by atoms with van der Waals surface area (Å²) in [6.45, 7) is 3.91. The van der Waals surface area contributed by atoms with Crippen molar-refractivity contribution < 1.29 is 5.11 Å². The number of aromatic nitrogens is 2. The molecule has 0 radical (unpaired) electrons. The number of rotatable bonds is 6. The average molecular weight is 251 g/mol. The van der Waals surface area contributed by atoms with E-state index in [0.29, 0.717) is 12.0 Å². The molecule has 4 nitrogen and oxygen atoms in total. The minimum atomic E-state index is 0.240. The Hall–Kier alpha value is -0.870. The molecule has 1 aliphatic carbocycles. The molecule has 4 heteroatoms. The van der Waals surface area contributed by atoms with E-state index in [4.69, 9.17) is 5.11 Å². The fourth-order valence-corrected chi connectivity index (χ4v) is 2.53. The minimum absolute atomic E-state index is 0.240. The molecule has 0 aromatic carbocycles. The molecule has 2 N–H and O–H groups in total. The van der Waals surface area contributed by atoms with Gasteiger partial charge in [0.05, 0.1) is 11.7 Å². The molecule has 2 rings (SSSR count). The van der Waals surface area contributed by atoms with Crippen LogP contribution in [0.5, 0.6) is 0 Å². The number of nitrogens with one attached hydrogen (secondary N) is 1. The van der Waals surface area contributed by atoms with E-state index in [2.05, 4.69) is 27.4 Å². The molecule has 18 heavy (non-hydrogen) atoms.